The zero-order valence-corrected chi connectivity index (χ0v) is 27.0. The first-order chi connectivity index (χ1) is 18.8. The number of aromatic nitrogens is 3. The molecule has 0 saturated carbocycles. The van der Waals surface area contributed by atoms with Crippen molar-refractivity contribution >= 4 is 11.0 Å². The summed E-state index contributed by atoms with van der Waals surface area (Å²) in [4.78, 5) is 1.55. The molecule has 0 saturated heterocycles. The van der Waals surface area contributed by atoms with Crippen LogP contribution in [-0.4, -0.2) is 25.2 Å². The Hall–Kier alpha value is -3.34. The summed E-state index contributed by atoms with van der Waals surface area (Å²) in [7, 11) is 0. The molecule has 0 aliphatic heterocycles. The Bertz CT molecular complexity index is 1530. The zero-order valence-electron chi connectivity index (χ0n) is 27.0. The van der Waals surface area contributed by atoms with Crippen molar-refractivity contribution in [2.24, 2.45) is 10.8 Å². The molecule has 1 heterocycles. The van der Waals surface area contributed by atoms with E-state index >= 15 is 0 Å². The largest absolute Gasteiger partial charge is 0.507 e. The van der Waals surface area contributed by atoms with Gasteiger partial charge in [0.25, 0.3) is 0 Å². The predicted octanol–water partition coefficient (Wildman–Crippen LogP) is 9.16. The lowest BCUT2D eigenvalue weighted by atomic mass is 9.71. The fraction of sp³-hybridized carbons (Fsp3) is 0.500. The molecule has 4 rings (SSSR count). The Balaban J connectivity index is 1.88. The summed E-state index contributed by atoms with van der Waals surface area (Å²) in [6, 6.07) is 16.1. The van der Waals surface area contributed by atoms with Crippen molar-refractivity contribution in [3.8, 4) is 17.2 Å². The van der Waals surface area contributed by atoms with Gasteiger partial charge in [-0.05, 0) is 81.9 Å². The number of fused-ring (bicyclic) bond motifs is 1. The van der Waals surface area contributed by atoms with E-state index in [0.29, 0.717) is 12.1 Å². The molecule has 0 spiro atoms. The van der Waals surface area contributed by atoms with Crippen molar-refractivity contribution in [1.82, 2.24) is 15.0 Å². The highest BCUT2D eigenvalue weighted by Crippen LogP contribution is 2.42. The van der Waals surface area contributed by atoms with E-state index in [2.05, 4.69) is 87.4 Å². The molecular weight excluding hydrogens is 506 g/mol. The van der Waals surface area contributed by atoms with Crippen LogP contribution in [0.2, 0.25) is 0 Å². The van der Waals surface area contributed by atoms with Crippen LogP contribution in [0.4, 0.5) is 0 Å². The molecule has 2 N–H and O–H groups in total. The van der Waals surface area contributed by atoms with Gasteiger partial charge in [0.1, 0.15) is 28.2 Å². The molecule has 0 bridgehead atoms. The predicted molar refractivity (Wildman–Crippen MR) is 170 cm³/mol. The average molecular weight is 556 g/mol. The lowest BCUT2D eigenvalue weighted by molar-refractivity contribution is 0.283. The monoisotopic (exact) mass is 555 g/mol. The number of hydrogen-bond donors (Lipinski definition) is 2. The second-order valence-corrected chi connectivity index (χ2v) is 15.7. The first-order valence-corrected chi connectivity index (χ1v) is 14.8. The Morgan fingerprint density at radius 2 is 1.07 bits per heavy atom. The molecule has 5 nitrogen and oxygen atoms in total. The smallest absolute Gasteiger partial charge is 0.146 e. The topological polar surface area (TPSA) is 71.2 Å². The summed E-state index contributed by atoms with van der Waals surface area (Å²) in [5, 5.41) is 32.3. The normalized spacial score (nSPS) is 13.2. The lowest BCUT2D eigenvalue weighted by Gasteiger charge is -2.34. The van der Waals surface area contributed by atoms with Gasteiger partial charge in [0.2, 0.25) is 0 Å². The Morgan fingerprint density at radius 3 is 1.54 bits per heavy atom. The van der Waals surface area contributed by atoms with E-state index in [1.54, 1.807) is 4.80 Å². The van der Waals surface area contributed by atoms with Gasteiger partial charge in [0.15, 0.2) is 0 Å². The number of benzene rings is 3. The van der Waals surface area contributed by atoms with Crippen molar-refractivity contribution in [2.45, 2.75) is 106 Å². The average Bonchev–Trinajstić information content (AvgIpc) is 3.24. The van der Waals surface area contributed by atoms with E-state index in [1.165, 1.54) is 5.56 Å². The van der Waals surface area contributed by atoms with Gasteiger partial charge < -0.3 is 10.2 Å². The molecule has 220 valence electrons. The van der Waals surface area contributed by atoms with Crippen molar-refractivity contribution in [2.75, 3.05) is 0 Å². The first-order valence-electron chi connectivity index (χ1n) is 14.8. The molecule has 0 radical (unpaired) electrons. The number of phenolic OH excluding ortho intramolecular Hbond substituents is 2. The first kappa shape index (κ1) is 30.6. The molecule has 0 atom stereocenters. The highest BCUT2D eigenvalue weighted by molar-refractivity contribution is 5.74. The molecule has 0 fully saturated rings. The third-order valence-electron chi connectivity index (χ3n) is 7.94. The van der Waals surface area contributed by atoms with Gasteiger partial charge >= 0.3 is 0 Å². The van der Waals surface area contributed by atoms with Crippen LogP contribution >= 0.6 is 0 Å². The maximum Gasteiger partial charge on any atom is 0.146 e. The van der Waals surface area contributed by atoms with Crippen molar-refractivity contribution < 1.29 is 10.2 Å². The number of rotatable bonds is 7. The van der Waals surface area contributed by atoms with Crippen molar-refractivity contribution in [1.29, 1.82) is 0 Å². The Morgan fingerprint density at radius 1 is 0.634 bits per heavy atom. The van der Waals surface area contributed by atoms with E-state index in [4.69, 9.17) is 10.2 Å². The van der Waals surface area contributed by atoms with Crippen LogP contribution in [-0.2, 0) is 17.3 Å². The van der Waals surface area contributed by atoms with E-state index in [-0.39, 0.29) is 33.2 Å². The van der Waals surface area contributed by atoms with Gasteiger partial charge in [-0.25, -0.2) is 0 Å². The van der Waals surface area contributed by atoms with Crippen molar-refractivity contribution in [3.05, 3.63) is 76.3 Å². The molecule has 0 aliphatic carbocycles. The summed E-state index contributed by atoms with van der Waals surface area (Å²) < 4.78 is 0. The fourth-order valence-corrected chi connectivity index (χ4v) is 6.76. The minimum absolute atomic E-state index is 0.0751. The van der Waals surface area contributed by atoms with Gasteiger partial charge in [-0.2, -0.15) is 0 Å². The fourth-order valence-electron chi connectivity index (χ4n) is 6.76. The van der Waals surface area contributed by atoms with Crippen LogP contribution in [0.15, 0.2) is 48.5 Å². The van der Waals surface area contributed by atoms with Crippen LogP contribution in [0.1, 0.15) is 110 Å². The number of nitrogens with zero attached hydrogens (tertiary/aromatic N) is 3. The van der Waals surface area contributed by atoms with Crippen LogP contribution in [0.3, 0.4) is 0 Å². The molecule has 0 amide bonds. The molecular formula is C36H49N3O2. The van der Waals surface area contributed by atoms with Crippen LogP contribution < -0.4 is 0 Å². The summed E-state index contributed by atoms with van der Waals surface area (Å²) in [5.74, 6) is 0.417. The summed E-state index contributed by atoms with van der Waals surface area (Å²) in [5.41, 5.74) is 6.85. The minimum Gasteiger partial charge on any atom is -0.507 e. The van der Waals surface area contributed by atoms with Gasteiger partial charge in [0.05, 0.1) is 0 Å². The van der Waals surface area contributed by atoms with E-state index in [1.807, 2.05) is 37.3 Å². The molecule has 4 aromatic rings. The number of phenols is 2. The lowest BCUT2D eigenvalue weighted by Crippen LogP contribution is -2.25. The maximum atomic E-state index is 11.7. The molecule has 3 aromatic carbocycles. The van der Waals surface area contributed by atoms with Gasteiger partial charge in [-0.1, -0.05) is 99.6 Å². The van der Waals surface area contributed by atoms with Crippen LogP contribution in [0.5, 0.6) is 11.5 Å². The van der Waals surface area contributed by atoms with Crippen LogP contribution in [0.25, 0.3) is 16.7 Å². The Kier molecular flexibility index (Phi) is 7.83. The molecule has 5 heteroatoms. The third kappa shape index (κ3) is 6.94. The highest BCUT2D eigenvalue weighted by Gasteiger charge is 2.31. The van der Waals surface area contributed by atoms with Gasteiger partial charge in [0, 0.05) is 12.0 Å². The zero-order chi connectivity index (χ0) is 30.5. The molecule has 41 heavy (non-hydrogen) atoms. The number of hydrogen-bond acceptors (Lipinski definition) is 4. The Labute approximate surface area is 246 Å². The molecule has 0 aliphatic rings. The standard InChI is InChI=1S/C36H49N3O2/c1-23-16-26(35(8,9)21-33(2,3)4)18-24(31(23)40)17-25-19-27(36(10,11)22-34(5,6)7)20-30(32(25)41)39-37-28-14-12-13-15-29(28)38-39/h12-16,18-20,40-41H,17,21-22H2,1-11H3. The summed E-state index contributed by atoms with van der Waals surface area (Å²) in [6.45, 7) is 24.6. The SMILES string of the molecule is Cc1cc(C(C)(C)CC(C)(C)C)cc(Cc2cc(C(C)(C)CC(C)(C)C)cc(-n3nc4ccccc4n3)c2O)c1O. The minimum atomic E-state index is -0.170. The van der Waals surface area contributed by atoms with E-state index in [0.717, 1.165) is 46.1 Å². The highest BCUT2D eigenvalue weighted by atomic mass is 16.3. The number of aromatic hydroxyl groups is 2. The second-order valence-electron chi connectivity index (χ2n) is 15.7. The van der Waals surface area contributed by atoms with Gasteiger partial charge in [-0.3, -0.25) is 0 Å². The summed E-state index contributed by atoms with van der Waals surface area (Å²) >= 11 is 0. The van der Waals surface area contributed by atoms with Crippen LogP contribution in [0, 0.1) is 17.8 Å². The quantitative estimate of drug-likeness (QED) is 0.238. The maximum absolute atomic E-state index is 11.7. The third-order valence-corrected chi connectivity index (χ3v) is 7.94. The second kappa shape index (κ2) is 10.5. The van der Waals surface area contributed by atoms with E-state index in [9.17, 15) is 10.2 Å². The van der Waals surface area contributed by atoms with Crippen molar-refractivity contribution in [3.63, 3.8) is 0 Å². The molecule has 0 unspecified atom stereocenters. The summed E-state index contributed by atoms with van der Waals surface area (Å²) in [6.07, 6.45) is 2.36. The van der Waals surface area contributed by atoms with E-state index < -0.39 is 0 Å². The number of aryl methyl sites for hydroxylation is 1. The molecule has 1 aromatic heterocycles. The van der Waals surface area contributed by atoms with Gasteiger partial charge in [-0.15, -0.1) is 15.0 Å².